The Hall–Kier alpha value is -3.52. The highest BCUT2D eigenvalue weighted by Gasteiger charge is 2.39. The predicted octanol–water partition coefficient (Wildman–Crippen LogP) is 4.11. The van der Waals surface area contributed by atoms with Crippen molar-refractivity contribution >= 4 is 23.1 Å². The van der Waals surface area contributed by atoms with Crippen molar-refractivity contribution in [2.75, 3.05) is 39.3 Å². The molecular weight excluding hydrogens is 436 g/mol. The van der Waals surface area contributed by atoms with Crippen molar-refractivity contribution < 1.29 is 28.5 Å². The second-order valence-corrected chi connectivity index (χ2v) is 8.00. The molecule has 3 rings (SSSR count). The van der Waals surface area contributed by atoms with Crippen LogP contribution in [-0.2, 0) is 14.3 Å². The normalized spacial score (nSPS) is 13.6. The average Bonchev–Trinajstić information content (AvgIpc) is 3.07. The van der Waals surface area contributed by atoms with Gasteiger partial charge in [-0.2, -0.15) is 0 Å². The number of rotatable bonds is 12. The molecule has 0 radical (unpaired) electrons. The first-order valence-electron chi connectivity index (χ1n) is 11.3. The Morgan fingerprint density at radius 3 is 2.24 bits per heavy atom. The van der Waals surface area contributed by atoms with Crippen molar-refractivity contribution in [2.45, 2.75) is 33.3 Å². The highest BCUT2D eigenvalue weighted by Crippen LogP contribution is 2.35. The minimum absolute atomic E-state index is 0.00505. The number of anilines is 1. The van der Waals surface area contributed by atoms with E-state index < -0.39 is 5.91 Å². The van der Waals surface area contributed by atoms with Crippen LogP contribution < -0.4 is 19.5 Å². The SMILES string of the molecule is CCCOc1ccc(C2=C(Nc3cc(OC)ccc3OC)C(=O)N(CCOC(C)C)C2=O)cc1. The topological polar surface area (TPSA) is 86.3 Å². The first kappa shape index (κ1) is 25.1. The Kier molecular flexibility index (Phi) is 8.54. The zero-order valence-electron chi connectivity index (χ0n) is 20.3. The second-order valence-electron chi connectivity index (χ2n) is 8.00. The number of nitrogens with zero attached hydrogens (tertiary/aromatic N) is 1. The van der Waals surface area contributed by atoms with Crippen LogP contribution in [0.2, 0.25) is 0 Å². The van der Waals surface area contributed by atoms with E-state index in [4.69, 9.17) is 18.9 Å². The fourth-order valence-corrected chi connectivity index (χ4v) is 3.53. The maximum atomic E-state index is 13.4. The van der Waals surface area contributed by atoms with Gasteiger partial charge in [0.15, 0.2) is 0 Å². The molecule has 1 aliphatic heterocycles. The molecule has 0 atom stereocenters. The Balaban J connectivity index is 1.99. The highest BCUT2D eigenvalue weighted by atomic mass is 16.5. The lowest BCUT2D eigenvalue weighted by atomic mass is 10.0. The smallest absolute Gasteiger partial charge is 0.278 e. The zero-order valence-corrected chi connectivity index (χ0v) is 20.3. The Morgan fingerprint density at radius 2 is 1.62 bits per heavy atom. The molecule has 0 spiro atoms. The van der Waals surface area contributed by atoms with Gasteiger partial charge in [0.2, 0.25) is 0 Å². The van der Waals surface area contributed by atoms with Gasteiger partial charge in [0.1, 0.15) is 22.9 Å². The number of carbonyl (C=O) groups is 2. The summed E-state index contributed by atoms with van der Waals surface area (Å²) >= 11 is 0. The molecule has 0 saturated heterocycles. The second kappa shape index (κ2) is 11.6. The first-order chi connectivity index (χ1) is 16.4. The van der Waals surface area contributed by atoms with Crippen LogP contribution in [0.4, 0.5) is 5.69 Å². The van der Waals surface area contributed by atoms with E-state index in [-0.39, 0.29) is 36.4 Å². The van der Waals surface area contributed by atoms with E-state index in [9.17, 15) is 9.59 Å². The van der Waals surface area contributed by atoms with E-state index in [1.807, 2.05) is 20.8 Å². The molecule has 2 amide bonds. The summed E-state index contributed by atoms with van der Waals surface area (Å²) in [5, 5.41) is 3.13. The van der Waals surface area contributed by atoms with Crippen molar-refractivity contribution in [3.05, 3.63) is 53.7 Å². The summed E-state index contributed by atoms with van der Waals surface area (Å²) in [4.78, 5) is 28.0. The lowest BCUT2D eigenvalue weighted by Gasteiger charge is -2.17. The van der Waals surface area contributed by atoms with Crippen LogP contribution in [0.1, 0.15) is 32.8 Å². The summed E-state index contributed by atoms with van der Waals surface area (Å²) in [6, 6.07) is 12.4. The third-order valence-electron chi connectivity index (χ3n) is 5.22. The van der Waals surface area contributed by atoms with Gasteiger partial charge in [-0.15, -0.1) is 0 Å². The number of hydrogen-bond acceptors (Lipinski definition) is 7. The molecule has 0 aliphatic carbocycles. The number of ether oxygens (including phenoxy) is 4. The lowest BCUT2D eigenvalue weighted by molar-refractivity contribution is -0.137. The molecule has 0 aromatic heterocycles. The summed E-state index contributed by atoms with van der Waals surface area (Å²) in [6.07, 6.45) is 0.888. The highest BCUT2D eigenvalue weighted by molar-refractivity contribution is 6.36. The fraction of sp³-hybridized carbons (Fsp3) is 0.385. The van der Waals surface area contributed by atoms with Crippen LogP contribution in [0.3, 0.4) is 0 Å². The Morgan fingerprint density at radius 1 is 0.912 bits per heavy atom. The molecule has 1 N–H and O–H groups in total. The van der Waals surface area contributed by atoms with Gasteiger partial charge in [0, 0.05) is 6.07 Å². The van der Waals surface area contributed by atoms with E-state index in [0.29, 0.717) is 35.1 Å². The van der Waals surface area contributed by atoms with E-state index in [2.05, 4.69) is 5.32 Å². The predicted molar refractivity (Wildman–Crippen MR) is 130 cm³/mol. The Bertz CT molecular complexity index is 1050. The third kappa shape index (κ3) is 5.69. The third-order valence-corrected chi connectivity index (χ3v) is 5.22. The fourth-order valence-electron chi connectivity index (χ4n) is 3.53. The van der Waals surface area contributed by atoms with Gasteiger partial charge in [-0.05, 0) is 50.1 Å². The number of benzene rings is 2. The molecule has 2 aromatic carbocycles. The van der Waals surface area contributed by atoms with Gasteiger partial charge in [-0.1, -0.05) is 19.1 Å². The summed E-state index contributed by atoms with van der Waals surface area (Å²) < 4.78 is 22.0. The molecule has 34 heavy (non-hydrogen) atoms. The Labute approximate surface area is 200 Å². The van der Waals surface area contributed by atoms with E-state index in [1.165, 1.54) is 12.0 Å². The van der Waals surface area contributed by atoms with E-state index in [0.717, 1.165) is 6.42 Å². The number of hydrogen-bond donors (Lipinski definition) is 1. The quantitative estimate of drug-likeness (QED) is 0.469. The number of methoxy groups -OCH3 is 2. The largest absolute Gasteiger partial charge is 0.497 e. The maximum Gasteiger partial charge on any atom is 0.278 e. The van der Waals surface area contributed by atoms with Gasteiger partial charge in [0.05, 0.1) is 51.3 Å². The lowest BCUT2D eigenvalue weighted by Crippen LogP contribution is -2.35. The molecule has 0 saturated carbocycles. The molecule has 8 heteroatoms. The summed E-state index contributed by atoms with van der Waals surface area (Å²) in [5.74, 6) is 0.987. The minimum atomic E-state index is -0.427. The average molecular weight is 469 g/mol. The summed E-state index contributed by atoms with van der Waals surface area (Å²) in [6.45, 7) is 6.85. The van der Waals surface area contributed by atoms with E-state index >= 15 is 0 Å². The van der Waals surface area contributed by atoms with Crippen molar-refractivity contribution in [2.24, 2.45) is 0 Å². The zero-order chi connectivity index (χ0) is 24.7. The summed E-state index contributed by atoms with van der Waals surface area (Å²) in [7, 11) is 3.09. The van der Waals surface area contributed by atoms with Gasteiger partial charge in [-0.3, -0.25) is 14.5 Å². The number of amides is 2. The van der Waals surface area contributed by atoms with Gasteiger partial charge in [-0.25, -0.2) is 0 Å². The van der Waals surface area contributed by atoms with Crippen molar-refractivity contribution in [3.8, 4) is 17.2 Å². The first-order valence-corrected chi connectivity index (χ1v) is 11.3. The van der Waals surface area contributed by atoms with Gasteiger partial charge >= 0.3 is 0 Å². The van der Waals surface area contributed by atoms with Crippen molar-refractivity contribution in [1.29, 1.82) is 0 Å². The number of carbonyl (C=O) groups excluding carboxylic acids is 2. The standard InChI is InChI=1S/C26H32N2O6/c1-6-14-34-19-9-7-18(8-10-19)23-24(26(30)28(25(23)29)13-15-33-17(2)3)27-21-16-20(31-4)11-12-22(21)32-5/h7-12,16-17,27H,6,13-15H2,1-5H3. The minimum Gasteiger partial charge on any atom is -0.497 e. The van der Waals surface area contributed by atoms with E-state index in [1.54, 1.807) is 49.6 Å². The van der Waals surface area contributed by atoms with Crippen LogP contribution >= 0.6 is 0 Å². The van der Waals surface area contributed by atoms with Crippen LogP contribution in [0.5, 0.6) is 17.2 Å². The van der Waals surface area contributed by atoms with Crippen LogP contribution in [-0.4, -0.2) is 56.8 Å². The molecular formula is C26H32N2O6. The van der Waals surface area contributed by atoms with Crippen molar-refractivity contribution in [1.82, 2.24) is 4.90 Å². The van der Waals surface area contributed by atoms with Gasteiger partial charge < -0.3 is 24.3 Å². The molecule has 2 aromatic rings. The van der Waals surface area contributed by atoms with Crippen molar-refractivity contribution in [3.63, 3.8) is 0 Å². The van der Waals surface area contributed by atoms with Crippen LogP contribution in [0.25, 0.3) is 5.57 Å². The molecule has 8 nitrogen and oxygen atoms in total. The summed E-state index contributed by atoms with van der Waals surface area (Å²) in [5.41, 5.74) is 1.57. The van der Waals surface area contributed by atoms with Crippen LogP contribution in [0, 0.1) is 0 Å². The maximum absolute atomic E-state index is 13.4. The molecule has 182 valence electrons. The number of imide groups is 1. The van der Waals surface area contributed by atoms with Gasteiger partial charge in [0.25, 0.3) is 11.8 Å². The molecule has 0 bridgehead atoms. The molecule has 0 unspecified atom stereocenters. The number of nitrogens with one attached hydrogen (secondary N) is 1. The monoisotopic (exact) mass is 468 g/mol. The molecule has 1 heterocycles. The van der Waals surface area contributed by atoms with Crippen LogP contribution in [0.15, 0.2) is 48.2 Å². The molecule has 0 fully saturated rings. The molecule has 1 aliphatic rings.